The van der Waals surface area contributed by atoms with E-state index in [2.05, 4.69) is 31.8 Å². The molecule has 0 radical (unpaired) electrons. The number of nitrogens with zero attached hydrogens (tertiary/aromatic N) is 5. The Balaban J connectivity index is 1.46. The first kappa shape index (κ1) is 19.8. The molecule has 0 spiro atoms. The molecule has 3 rings (SSSR count). The Morgan fingerprint density at radius 2 is 2.15 bits per heavy atom. The van der Waals surface area contributed by atoms with Gasteiger partial charge >= 0.3 is 0 Å². The summed E-state index contributed by atoms with van der Waals surface area (Å²) in [5.41, 5.74) is 2.02. The number of carbonyl (C=O) groups excluding carboxylic acids is 1. The summed E-state index contributed by atoms with van der Waals surface area (Å²) in [6.07, 6.45) is 0. The Labute approximate surface area is 163 Å². The second kappa shape index (κ2) is 9.82. The van der Waals surface area contributed by atoms with Gasteiger partial charge in [-0.25, -0.2) is 4.68 Å². The molecule has 0 aliphatic carbocycles. The predicted molar refractivity (Wildman–Crippen MR) is 106 cm³/mol. The van der Waals surface area contributed by atoms with Gasteiger partial charge in [0.15, 0.2) is 5.82 Å². The number of benzene rings is 1. The summed E-state index contributed by atoms with van der Waals surface area (Å²) in [4.78, 5) is 14.6. The normalized spacial score (nSPS) is 15.2. The van der Waals surface area contributed by atoms with Crippen LogP contribution >= 0.6 is 11.8 Å². The Morgan fingerprint density at radius 3 is 2.93 bits per heavy atom. The van der Waals surface area contributed by atoms with Crippen molar-refractivity contribution in [1.82, 2.24) is 25.1 Å². The van der Waals surface area contributed by atoms with Crippen molar-refractivity contribution in [2.75, 3.05) is 37.4 Å². The molecule has 0 unspecified atom stereocenters. The smallest absolute Gasteiger partial charge is 0.234 e. The molecule has 1 aromatic heterocycles. The van der Waals surface area contributed by atoms with Crippen LogP contribution < -0.4 is 5.32 Å². The molecular formula is C18H26N6O2S. The average Bonchev–Trinajstić information content (AvgIpc) is 3.12. The van der Waals surface area contributed by atoms with E-state index in [1.807, 2.05) is 32.0 Å². The van der Waals surface area contributed by atoms with E-state index in [9.17, 15) is 4.79 Å². The van der Waals surface area contributed by atoms with Gasteiger partial charge in [-0.1, -0.05) is 12.1 Å². The highest BCUT2D eigenvalue weighted by Crippen LogP contribution is 2.16. The number of nitrogens with one attached hydrogen (secondary N) is 1. The first-order valence-electron chi connectivity index (χ1n) is 9.15. The van der Waals surface area contributed by atoms with Crippen molar-refractivity contribution in [3.05, 3.63) is 35.7 Å². The molecule has 1 amide bonds. The maximum absolute atomic E-state index is 12.2. The third kappa shape index (κ3) is 6.02. The van der Waals surface area contributed by atoms with Gasteiger partial charge in [0, 0.05) is 25.3 Å². The van der Waals surface area contributed by atoms with Gasteiger partial charge in [-0.05, 0) is 42.0 Å². The third-order valence-electron chi connectivity index (χ3n) is 4.24. The molecule has 8 nitrogen and oxygen atoms in total. The monoisotopic (exact) mass is 390 g/mol. The lowest BCUT2D eigenvalue weighted by molar-refractivity contribution is -0.113. The fourth-order valence-electron chi connectivity index (χ4n) is 2.91. The quantitative estimate of drug-likeness (QED) is 0.737. The standard InChI is InChI=1S/C18H26N6O2S/c1-14(2)24-17(20-21-22-24)12-27-13-18(25)19-16-5-3-4-15(10-16)11-23-6-8-26-9-7-23/h3-5,10,14H,6-9,11-13H2,1-2H3,(H,19,25). The SMILES string of the molecule is CC(C)n1nnnc1CSCC(=O)Nc1cccc(CN2CCOCC2)c1. The number of morpholine rings is 1. The van der Waals surface area contributed by atoms with E-state index < -0.39 is 0 Å². The summed E-state index contributed by atoms with van der Waals surface area (Å²) in [6.45, 7) is 8.40. The van der Waals surface area contributed by atoms with Gasteiger partial charge in [-0.3, -0.25) is 9.69 Å². The van der Waals surface area contributed by atoms with Crippen molar-refractivity contribution in [2.45, 2.75) is 32.2 Å². The van der Waals surface area contributed by atoms with Gasteiger partial charge in [0.2, 0.25) is 5.91 Å². The van der Waals surface area contributed by atoms with Crippen molar-refractivity contribution < 1.29 is 9.53 Å². The van der Waals surface area contributed by atoms with Gasteiger partial charge in [0.25, 0.3) is 0 Å². The zero-order valence-corrected chi connectivity index (χ0v) is 16.6. The van der Waals surface area contributed by atoms with E-state index >= 15 is 0 Å². The van der Waals surface area contributed by atoms with Crippen LogP contribution in [-0.4, -0.2) is 63.1 Å². The molecule has 1 aliphatic rings. The number of aromatic nitrogens is 4. The molecule has 2 aromatic rings. The Hall–Kier alpha value is -1.97. The summed E-state index contributed by atoms with van der Waals surface area (Å²) in [7, 11) is 0. The molecule has 27 heavy (non-hydrogen) atoms. The number of ether oxygens (including phenoxy) is 1. The van der Waals surface area contributed by atoms with Gasteiger partial charge < -0.3 is 10.1 Å². The van der Waals surface area contributed by atoms with Crippen LogP contribution in [0, 0.1) is 0 Å². The summed E-state index contributed by atoms with van der Waals surface area (Å²) >= 11 is 1.51. The summed E-state index contributed by atoms with van der Waals surface area (Å²) in [5, 5.41) is 14.7. The highest BCUT2D eigenvalue weighted by molar-refractivity contribution is 7.99. The van der Waals surface area contributed by atoms with Crippen LogP contribution in [0.25, 0.3) is 0 Å². The van der Waals surface area contributed by atoms with Crippen LogP contribution in [0.5, 0.6) is 0 Å². The van der Waals surface area contributed by atoms with Gasteiger partial charge in [-0.15, -0.1) is 16.9 Å². The maximum atomic E-state index is 12.2. The van der Waals surface area contributed by atoms with Crippen LogP contribution in [0.4, 0.5) is 5.69 Å². The number of carbonyl (C=O) groups is 1. The molecule has 146 valence electrons. The Morgan fingerprint density at radius 1 is 1.33 bits per heavy atom. The zero-order chi connectivity index (χ0) is 19.1. The van der Waals surface area contributed by atoms with Crippen molar-refractivity contribution in [3.63, 3.8) is 0 Å². The highest BCUT2D eigenvalue weighted by atomic mass is 32.2. The fraction of sp³-hybridized carbons (Fsp3) is 0.556. The van der Waals surface area contributed by atoms with Crippen LogP contribution in [0.1, 0.15) is 31.3 Å². The third-order valence-corrected chi connectivity index (χ3v) is 5.16. The molecule has 1 saturated heterocycles. The first-order chi connectivity index (χ1) is 13.1. The maximum Gasteiger partial charge on any atom is 0.234 e. The molecule has 1 fully saturated rings. The minimum atomic E-state index is -0.0212. The number of tetrazole rings is 1. The molecule has 0 atom stereocenters. The number of anilines is 1. The second-order valence-electron chi connectivity index (χ2n) is 6.76. The van der Waals surface area contributed by atoms with E-state index in [1.54, 1.807) is 4.68 Å². The van der Waals surface area contributed by atoms with Crippen molar-refractivity contribution in [1.29, 1.82) is 0 Å². The van der Waals surface area contributed by atoms with Gasteiger partial charge in [-0.2, -0.15) is 0 Å². The van der Waals surface area contributed by atoms with E-state index in [0.717, 1.165) is 44.4 Å². The molecule has 1 aliphatic heterocycles. The van der Waals surface area contributed by atoms with Gasteiger partial charge in [0.05, 0.1) is 30.8 Å². The van der Waals surface area contributed by atoms with Crippen molar-refractivity contribution in [2.24, 2.45) is 0 Å². The fourth-order valence-corrected chi connectivity index (χ4v) is 3.64. The minimum absolute atomic E-state index is 0.0212. The van der Waals surface area contributed by atoms with E-state index in [0.29, 0.717) is 11.5 Å². The summed E-state index contributed by atoms with van der Waals surface area (Å²) in [6, 6.07) is 8.24. The number of rotatable bonds is 8. The van der Waals surface area contributed by atoms with Crippen LogP contribution in [0.15, 0.2) is 24.3 Å². The second-order valence-corrected chi connectivity index (χ2v) is 7.75. The van der Waals surface area contributed by atoms with Crippen molar-refractivity contribution >= 4 is 23.4 Å². The zero-order valence-electron chi connectivity index (χ0n) is 15.8. The lowest BCUT2D eigenvalue weighted by Gasteiger charge is -2.26. The number of thioether (sulfide) groups is 1. The van der Waals surface area contributed by atoms with Crippen LogP contribution in [0.2, 0.25) is 0 Å². The summed E-state index contributed by atoms with van der Waals surface area (Å²) in [5.74, 6) is 1.73. The lowest BCUT2D eigenvalue weighted by Crippen LogP contribution is -2.35. The average molecular weight is 391 g/mol. The minimum Gasteiger partial charge on any atom is -0.379 e. The topological polar surface area (TPSA) is 85.2 Å². The molecule has 1 N–H and O–H groups in total. The number of hydrogen-bond donors (Lipinski definition) is 1. The molecule has 0 saturated carbocycles. The lowest BCUT2D eigenvalue weighted by atomic mass is 10.2. The largest absolute Gasteiger partial charge is 0.379 e. The molecule has 2 heterocycles. The van der Waals surface area contributed by atoms with Crippen LogP contribution in [-0.2, 0) is 21.8 Å². The molecular weight excluding hydrogens is 364 g/mol. The van der Waals surface area contributed by atoms with Gasteiger partial charge in [0.1, 0.15) is 0 Å². The molecule has 0 bridgehead atoms. The van der Waals surface area contributed by atoms with Crippen molar-refractivity contribution in [3.8, 4) is 0 Å². The van der Waals surface area contributed by atoms with E-state index in [4.69, 9.17) is 4.74 Å². The Bertz CT molecular complexity index is 745. The number of amides is 1. The first-order valence-corrected chi connectivity index (χ1v) is 10.3. The number of hydrogen-bond acceptors (Lipinski definition) is 7. The summed E-state index contributed by atoms with van der Waals surface area (Å²) < 4.78 is 7.16. The van der Waals surface area contributed by atoms with E-state index in [-0.39, 0.29) is 11.9 Å². The Kier molecular flexibility index (Phi) is 7.19. The van der Waals surface area contributed by atoms with E-state index in [1.165, 1.54) is 17.3 Å². The highest BCUT2D eigenvalue weighted by Gasteiger charge is 2.12. The molecule has 1 aromatic carbocycles. The predicted octanol–water partition coefficient (Wildman–Crippen LogP) is 1.96. The molecule has 9 heteroatoms. The van der Waals surface area contributed by atoms with Crippen LogP contribution in [0.3, 0.4) is 0 Å².